The fourth-order valence-corrected chi connectivity index (χ4v) is 10.1. The standard InChI is InChI=1S/C21H41N7O12.C13H26N2.C12H20N4O7.C11H16ClN5/c1-5-21(35,36-3)16(40-17-9(26-2)13(33)10(30)6(4-29)38-17)18(37-5)39-15-8(28-20(24)25)11(31)7(27-19(22)23)12(32)14(15)34;1-3-5-6-7-8-9-10-13(15)11-12(14)4-2;1-4(18)15-8-5(16-12(13)14)2-7(11(21)22)23-10(8)9(20)6(19)3-17;1-7(2)15-10(13)17-11(14)16-9-5-3-8(12)4-6-9/h5-18,26,29-35H,4H2,1-3H3,(H4,22,23,27)(H4,24,25,28);14-15H,3-11H2,1-2H3;2,5-6,8-10,17,19-20H,3H2,1H3,(H,15,18)(H,21,22)(H4,13,14,16);3-7H,1-2H3,(H5,13,14,15,16,17)/t5-,6?,7+,8+,9?,10-,11?,12?,13+,14?,15+,16+,17+,18?,21?;;5-,6+,8+,9+,10+;/m0.0./s1. The Morgan fingerprint density at radius 1 is 0.779 bits per heavy atom. The summed E-state index contributed by atoms with van der Waals surface area (Å²) in [5.74, 6) is -5.74. The lowest BCUT2D eigenvalue weighted by Crippen LogP contribution is -2.66. The second kappa shape index (κ2) is 41.4. The summed E-state index contributed by atoms with van der Waals surface area (Å²) < 4.78 is 33.7. The summed E-state index contributed by atoms with van der Waals surface area (Å²) in [4.78, 5) is 41.9. The number of hydrogen-bond donors (Lipinski definition) is 24. The second-order valence-electron chi connectivity index (χ2n) is 22.7. The molecule has 1 aromatic rings. The molecule has 0 bridgehead atoms. The third-order valence-corrected chi connectivity index (χ3v) is 15.1. The Kier molecular flexibility index (Phi) is 36.7. The van der Waals surface area contributed by atoms with Gasteiger partial charge in [-0.2, -0.15) is 4.99 Å². The zero-order chi connectivity index (χ0) is 72.2. The summed E-state index contributed by atoms with van der Waals surface area (Å²) in [7, 11) is 2.62. The van der Waals surface area contributed by atoms with Crippen LogP contribution in [0.1, 0.15) is 99.3 Å². The van der Waals surface area contributed by atoms with Crippen molar-refractivity contribution in [1.82, 2.24) is 10.6 Å². The number of carbonyl (C=O) groups is 2. The molecule has 3 fully saturated rings. The number of amides is 1. The number of anilines is 1. The van der Waals surface area contributed by atoms with E-state index >= 15 is 0 Å². The minimum absolute atomic E-state index is 0.0853. The van der Waals surface area contributed by atoms with Gasteiger partial charge < -0.3 is 157 Å². The van der Waals surface area contributed by atoms with Crippen molar-refractivity contribution in [2.45, 2.75) is 227 Å². The molecule has 38 heteroatoms. The second-order valence-corrected chi connectivity index (χ2v) is 23.2. The molecule has 95 heavy (non-hydrogen) atoms. The molecule has 1 amide bonds. The molecule has 37 nitrogen and oxygen atoms in total. The first kappa shape index (κ1) is 84.3. The highest BCUT2D eigenvalue weighted by Gasteiger charge is 2.61. The van der Waals surface area contributed by atoms with E-state index in [1.807, 2.05) is 20.8 Å². The topological polar surface area (TPSA) is 666 Å². The average Bonchev–Trinajstić information content (AvgIpc) is 1.67. The maximum atomic E-state index is 11.4. The quantitative estimate of drug-likeness (QED) is 0.0169. The van der Waals surface area contributed by atoms with Gasteiger partial charge in [-0.1, -0.05) is 57.6 Å². The Hall–Kier alpha value is -6.76. The number of aliphatic carboxylic acids is 1. The number of nitrogens with zero attached hydrogens (tertiary/aromatic N) is 5. The predicted molar refractivity (Wildman–Crippen MR) is 353 cm³/mol. The summed E-state index contributed by atoms with van der Waals surface area (Å²) in [6.07, 6.45) is -10.3. The number of ether oxygens (including phenoxy) is 6. The molecule has 4 aliphatic rings. The van der Waals surface area contributed by atoms with Crippen molar-refractivity contribution in [3.8, 4) is 0 Å². The van der Waals surface area contributed by atoms with Crippen molar-refractivity contribution in [1.29, 1.82) is 10.8 Å². The number of methoxy groups -OCH3 is 1. The van der Waals surface area contributed by atoms with Crippen molar-refractivity contribution in [3.63, 3.8) is 0 Å². The number of likely N-dealkylation sites (N-methyl/N-ethyl adjacent to an activating group) is 1. The van der Waals surface area contributed by atoms with E-state index in [0.717, 1.165) is 43.8 Å². The first-order chi connectivity index (χ1) is 44.5. The molecule has 7 unspecified atom stereocenters. The van der Waals surface area contributed by atoms with E-state index in [4.69, 9.17) is 107 Å². The van der Waals surface area contributed by atoms with Gasteiger partial charge in [0.05, 0.1) is 31.3 Å². The number of carboxylic acids is 1. The molecule has 3 aliphatic heterocycles. The smallest absolute Gasteiger partial charge is 0.370 e. The van der Waals surface area contributed by atoms with Gasteiger partial charge in [-0.15, -0.1) is 0 Å². The molecule has 20 atom stereocenters. The summed E-state index contributed by atoms with van der Waals surface area (Å²) in [5, 5.41) is 136. The molecular formula is C57H103ClN18O19. The molecule has 0 spiro atoms. The Bertz CT molecular complexity index is 2730. The van der Waals surface area contributed by atoms with Crippen molar-refractivity contribution in [2.24, 2.45) is 70.8 Å². The maximum Gasteiger partial charge on any atom is 0.370 e. The molecule has 1 saturated carbocycles. The lowest BCUT2D eigenvalue weighted by molar-refractivity contribution is -0.338. The summed E-state index contributed by atoms with van der Waals surface area (Å²) >= 11 is 5.76. The number of rotatable bonds is 27. The van der Waals surface area contributed by atoms with Crippen LogP contribution >= 0.6 is 11.6 Å². The summed E-state index contributed by atoms with van der Waals surface area (Å²) in [5.41, 5.74) is 45.9. The van der Waals surface area contributed by atoms with Crippen molar-refractivity contribution in [3.05, 3.63) is 41.1 Å². The van der Waals surface area contributed by atoms with Crippen molar-refractivity contribution < 1.29 is 94.2 Å². The van der Waals surface area contributed by atoms with E-state index in [-0.39, 0.29) is 23.9 Å². The Morgan fingerprint density at radius 2 is 1.37 bits per heavy atom. The fourth-order valence-electron chi connectivity index (χ4n) is 10.0. The molecule has 542 valence electrons. The number of unbranched alkanes of at least 4 members (excludes halogenated alkanes) is 5. The van der Waals surface area contributed by atoms with E-state index in [1.165, 1.54) is 53.0 Å². The Morgan fingerprint density at radius 3 is 1.88 bits per heavy atom. The van der Waals surface area contributed by atoms with Gasteiger partial charge in [-0.25, -0.2) is 24.8 Å². The van der Waals surface area contributed by atoms with Crippen LogP contribution in [0.5, 0.6) is 0 Å². The minimum Gasteiger partial charge on any atom is -0.478 e. The zero-order valence-corrected chi connectivity index (χ0v) is 55.4. The largest absolute Gasteiger partial charge is 0.478 e. The molecule has 0 aromatic heterocycles. The van der Waals surface area contributed by atoms with Crippen molar-refractivity contribution in [2.75, 3.05) is 32.7 Å². The Balaban J connectivity index is 0.000000472. The average molecular weight is 1380 g/mol. The number of halogens is 1. The van der Waals surface area contributed by atoms with E-state index in [9.17, 15) is 55.5 Å². The van der Waals surface area contributed by atoms with Gasteiger partial charge in [0.25, 0.3) is 0 Å². The minimum atomic E-state index is -2.20. The SMILES string of the molecule is CC(=O)N[C@H]1[C@H]([C@H](O)[C@H](O)CO)OC(C(=O)O)=C[C@@H]1N=C(N)N.CC(C)N=C(N)N=C(N)Nc1ccc(Cl)cc1.CCCCCCCCC(=N)CC(=N)CC.CNC1[C@@H](O[C@@H]2C(O[C@H]3C(O)C(O)[C@H](N=C(N)N)C(O)[C@H]3N=C(N)N)O[C@@H](C)C2(O)OC)OC(CO)[C@H](O)[C@@H]1O. The van der Waals surface area contributed by atoms with Crippen LogP contribution in [0, 0.1) is 10.8 Å². The van der Waals surface area contributed by atoms with Gasteiger partial charge in [-0.05, 0) is 77.4 Å². The van der Waals surface area contributed by atoms with Crippen LogP contribution in [0.3, 0.4) is 0 Å². The lowest BCUT2D eigenvalue weighted by Gasteiger charge is -2.45. The molecule has 0 radical (unpaired) electrons. The fraction of sp³-hybridized carbons (Fsp3) is 0.702. The number of benzene rings is 1. The number of nitrogens with two attached hydrogens (primary N) is 8. The lowest BCUT2D eigenvalue weighted by atomic mass is 9.81. The molecule has 1 aliphatic carbocycles. The molecular weight excluding hydrogens is 1280 g/mol. The summed E-state index contributed by atoms with van der Waals surface area (Å²) in [6, 6.07) is 1.12. The first-order valence-corrected chi connectivity index (χ1v) is 31.0. The highest BCUT2D eigenvalue weighted by Crippen LogP contribution is 2.40. The van der Waals surface area contributed by atoms with Gasteiger partial charge in [0.2, 0.25) is 29.4 Å². The monoisotopic (exact) mass is 1380 g/mol. The van der Waals surface area contributed by atoms with Crippen molar-refractivity contribution >= 4 is 70.4 Å². The van der Waals surface area contributed by atoms with E-state index in [2.05, 4.69) is 47.8 Å². The number of aliphatic imine (C=N–C) groups is 5. The predicted octanol–water partition coefficient (Wildman–Crippen LogP) is -5.18. The van der Waals surface area contributed by atoms with Gasteiger partial charge in [0.15, 0.2) is 36.6 Å². The maximum absolute atomic E-state index is 11.4. The third kappa shape index (κ3) is 26.6. The number of aliphatic hydroxyl groups excluding tert-OH is 9. The number of carbonyl (C=O) groups excluding carboxylic acids is 1. The number of guanidine groups is 5. The highest BCUT2D eigenvalue weighted by molar-refractivity contribution is 6.30. The molecule has 2 saturated heterocycles. The zero-order valence-electron chi connectivity index (χ0n) is 54.6. The molecule has 1 aromatic carbocycles. The highest BCUT2D eigenvalue weighted by atomic mass is 35.5. The molecule has 5 rings (SSSR count). The number of aliphatic hydroxyl groups is 10. The Labute approximate surface area is 556 Å². The van der Waals surface area contributed by atoms with Crippen LogP contribution in [0.2, 0.25) is 5.02 Å². The van der Waals surface area contributed by atoms with Crippen LogP contribution in [0.15, 0.2) is 61.1 Å². The van der Waals surface area contributed by atoms with Crippen LogP contribution in [0.4, 0.5) is 5.69 Å². The van der Waals surface area contributed by atoms with Crippen LogP contribution in [0.25, 0.3) is 0 Å². The third-order valence-electron chi connectivity index (χ3n) is 14.9. The van der Waals surface area contributed by atoms with Crippen LogP contribution < -0.4 is 61.8 Å². The van der Waals surface area contributed by atoms with Crippen LogP contribution in [-0.4, -0.2) is 265 Å². The number of nitrogens with one attached hydrogen (secondary N) is 5. The first-order valence-electron chi connectivity index (χ1n) is 30.6. The number of carboxylic acid groups (broad SMARTS) is 1. The molecule has 32 N–H and O–H groups in total. The van der Waals surface area contributed by atoms with E-state index in [0.29, 0.717) is 17.2 Å². The van der Waals surface area contributed by atoms with E-state index in [1.54, 1.807) is 24.3 Å². The number of hydrogen-bond acceptors (Lipinski definition) is 25. The van der Waals surface area contributed by atoms with Gasteiger partial charge in [0, 0.05) is 48.6 Å². The molecule has 3 heterocycles. The van der Waals surface area contributed by atoms with Gasteiger partial charge in [-0.3, -0.25) is 4.79 Å². The van der Waals surface area contributed by atoms with Gasteiger partial charge in [0.1, 0.15) is 79.2 Å². The van der Waals surface area contributed by atoms with E-state index < -0.39 is 165 Å². The van der Waals surface area contributed by atoms with Crippen LogP contribution in [-0.2, 0) is 38.0 Å². The summed E-state index contributed by atoms with van der Waals surface area (Å²) in [6.45, 7) is 9.19. The van der Waals surface area contributed by atoms with Gasteiger partial charge >= 0.3 is 5.97 Å². The normalized spacial score (nSPS) is 30.3.